The van der Waals surface area contributed by atoms with Crippen LogP contribution in [0, 0.1) is 0 Å². The van der Waals surface area contributed by atoms with Gasteiger partial charge in [0.15, 0.2) is 6.29 Å². The normalized spacial score (nSPS) is 12.5. The molecule has 118 valence electrons. The lowest BCUT2D eigenvalue weighted by Crippen LogP contribution is -2.15. The molecule has 1 unspecified atom stereocenters. The van der Waals surface area contributed by atoms with Gasteiger partial charge in [0.2, 0.25) is 6.29 Å². The maximum atomic E-state index is 12.2. The molecule has 0 aliphatic carbocycles. The minimum absolute atomic E-state index is 0.106. The number of benzene rings is 2. The van der Waals surface area contributed by atoms with Gasteiger partial charge in [-0.15, -0.1) is 0 Å². The van der Waals surface area contributed by atoms with Crippen molar-refractivity contribution >= 4 is 29.9 Å². The van der Waals surface area contributed by atoms with Crippen molar-refractivity contribution < 1.29 is 19.1 Å². The van der Waals surface area contributed by atoms with Crippen LogP contribution in [0.2, 0.25) is 5.02 Å². The minimum Gasteiger partial charge on any atom is -0.428 e. The van der Waals surface area contributed by atoms with E-state index in [4.69, 9.17) is 21.1 Å². The summed E-state index contributed by atoms with van der Waals surface area (Å²) < 4.78 is 10.4. The number of aldehydes is 1. The zero-order valence-corrected chi connectivity index (χ0v) is 13.2. The van der Waals surface area contributed by atoms with Crippen LogP contribution in [0.15, 0.2) is 60.2 Å². The smallest absolute Gasteiger partial charge is 0.344 e. The van der Waals surface area contributed by atoms with E-state index in [2.05, 4.69) is 0 Å². The summed E-state index contributed by atoms with van der Waals surface area (Å²) in [5.74, 6) is -0.759. The first kappa shape index (κ1) is 16.9. The predicted octanol–water partition coefficient (Wildman–Crippen LogP) is 3.81. The summed E-state index contributed by atoms with van der Waals surface area (Å²) >= 11 is 5.80. The van der Waals surface area contributed by atoms with Crippen LogP contribution in [-0.4, -0.2) is 19.4 Å². The number of carbonyl (C=O) groups excluding carboxylic acids is 2. The molecule has 0 heterocycles. The fourth-order valence-corrected chi connectivity index (χ4v) is 2.03. The fraction of sp³-hybridized carbons (Fsp3) is 0.111. The van der Waals surface area contributed by atoms with Crippen LogP contribution < -0.4 is 0 Å². The van der Waals surface area contributed by atoms with Gasteiger partial charge in [-0.1, -0.05) is 54.1 Å². The van der Waals surface area contributed by atoms with Crippen LogP contribution in [0.1, 0.15) is 17.4 Å². The molecule has 0 aliphatic heterocycles. The number of hydrogen-bond acceptors (Lipinski definition) is 4. The molecule has 0 radical (unpaired) electrons. The summed E-state index contributed by atoms with van der Waals surface area (Å²) in [7, 11) is 1.43. The molecule has 0 saturated heterocycles. The van der Waals surface area contributed by atoms with Crippen LogP contribution in [0.25, 0.3) is 6.08 Å². The quantitative estimate of drug-likeness (QED) is 0.202. The van der Waals surface area contributed by atoms with E-state index in [1.54, 1.807) is 48.5 Å². The fourth-order valence-electron chi connectivity index (χ4n) is 1.91. The standard InChI is InChI=1S/C18H15ClO4/c1-22-18(14-5-3-2-4-6-14)23-17(21)15(12-20)11-13-7-9-16(19)10-8-13/h2-12,18H,1H3/b15-11+. The van der Waals surface area contributed by atoms with E-state index in [-0.39, 0.29) is 5.57 Å². The van der Waals surface area contributed by atoms with Crippen LogP contribution in [0.5, 0.6) is 0 Å². The van der Waals surface area contributed by atoms with Crippen LogP contribution in [-0.2, 0) is 19.1 Å². The van der Waals surface area contributed by atoms with Gasteiger partial charge in [0.05, 0.1) is 0 Å². The second-order valence-corrected chi connectivity index (χ2v) is 5.09. The number of methoxy groups -OCH3 is 1. The van der Waals surface area contributed by atoms with Gasteiger partial charge in [-0.3, -0.25) is 4.79 Å². The monoisotopic (exact) mass is 330 g/mol. The molecular formula is C18H15ClO4. The average Bonchev–Trinajstić information content (AvgIpc) is 2.59. The summed E-state index contributed by atoms with van der Waals surface area (Å²) in [4.78, 5) is 23.3. The van der Waals surface area contributed by atoms with Gasteiger partial charge >= 0.3 is 5.97 Å². The Morgan fingerprint density at radius 2 is 1.74 bits per heavy atom. The Balaban J connectivity index is 2.16. The Labute approximate surface area is 139 Å². The highest BCUT2D eigenvalue weighted by Gasteiger charge is 2.18. The molecule has 0 N–H and O–H groups in total. The Morgan fingerprint density at radius 3 is 2.30 bits per heavy atom. The number of hydrogen-bond donors (Lipinski definition) is 0. The van der Waals surface area contributed by atoms with E-state index >= 15 is 0 Å². The van der Waals surface area contributed by atoms with Gasteiger partial charge in [0, 0.05) is 17.7 Å². The lowest BCUT2D eigenvalue weighted by molar-refractivity contribution is -0.170. The van der Waals surface area contributed by atoms with Crippen molar-refractivity contribution in [1.29, 1.82) is 0 Å². The van der Waals surface area contributed by atoms with E-state index < -0.39 is 12.3 Å². The van der Waals surface area contributed by atoms with Crippen molar-refractivity contribution in [1.82, 2.24) is 0 Å². The maximum Gasteiger partial charge on any atom is 0.344 e. The second-order valence-electron chi connectivity index (χ2n) is 4.65. The zero-order valence-electron chi connectivity index (χ0n) is 12.4. The number of rotatable bonds is 6. The van der Waals surface area contributed by atoms with Crippen LogP contribution >= 0.6 is 11.6 Å². The van der Waals surface area contributed by atoms with Crippen molar-refractivity contribution in [3.05, 3.63) is 76.3 Å². The second kappa shape index (κ2) is 8.27. The largest absolute Gasteiger partial charge is 0.428 e. The number of carbonyl (C=O) groups is 2. The topological polar surface area (TPSA) is 52.6 Å². The van der Waals surface area contributed by atoms with E-state index in [0.717, 1.165) is 0 Å². The molecule has 0 saturated carbocycles. The molecule has 5 heteroatoms. The zero-order chi connectivity index (χ0) is 16.7. The summed E-state index contributed by atoms with van der Waals surface area (Å²) in [5.41, 5.74) is 1.24. The maximum absolute atomic E-state index is 12.2. The Hall–Kier alpha value is -2.43. The van der Waals surface area contributed by atoms with Crippen molar-refractivity contribution in [3.63, 3.8) is 0 Å². The summed E-state index contributed by atoms with van der Waals surface area (Å²) in [6, 6.07) is 15.7. The number of esters is 1. The third kappa shape index (κ3) is 4.77. The van der Waals surface area contributed by atoms with Crippen LogP contribution in [0.4, 0.5) is 0 Å². The molecule has 0 aromatic heterocycles. The van der Waals surface area contributed by atoms with Crippen molar-refractivity contribution in [2.45, 2.75) is 6.29 Å². The summed E-state index contributed by atoms with van der Waals surface area (Å²) in [6.07, 6.45) is 1.01. The number of ether oxygens (including phenoxy) is 2. The molecule has 0 aliphatic rings. The van der Waals surface area contributed by atoms with Crippen molar-refractivity contribution in [3.8, 4) is 0 Å². The third-order valence-corrected chi connectivity index (χ3v) is 3.31. The lowest BCUT2D eigenvalue weighted by Gasteiger charge is -2.16. The molecule has 0 bridgehead atoms. The highest BCUT2D eigenvalue weighted by Crippen LogP contribution is 2.20. The molecule has 0 spiro atoms. The lowest BCUT2D eigenvalue weighted by atomic mass is 10.1. The molecule has 23 heavy (non-hydrogen) atoms. The van der Waals surface area contributed by atoms with E-state index in [1.807, 2.05) is 6.07 Å². The third-order valence-electron chi connectivity index (χ3n) is 3.05. The Morgan fingerprint density at radius 1 is 1.09 bits per heavy atom. The van der Waals surface area contributed by atoms with Gasteiger partial charge in [0.25, 0.3) is 0 Å². The molecule has 0 amide bonds. The molecule has 1 atom stereocenters. The predicted molar refractivity (Wildman–Crippen MR) is 87.8 cm³/mol. The highest BCUT2D eigenvalue weighted by molar-refractivity contribution is 6.30. The molecular weight excluding hydrogens is 316 g/mol. The average molecular weight is 331 g/mol. The van der Waals surface area contributed by atoms with E-state index in [9.17, 15) is 9.59 Å². The molecule has 2 rings (SSSR count). The first-order chi connectivity index (χ1) is 11.1. The van der Waals surface area contributed by atoms with Crippen molar-refractivity contribution in [2.24, 2.45) is 0 Å². The SMILES string of the molecule is COC(OC(=O)/C(C=O)=C/c1ccc(Cl)cc1)c1ccccc1. The van der Waals surface area contributed by atoms with Crippen molar-refractivity contribution in [2.75, 3.05) is 7.11 Å². The van der Waals surface area contributed by atoms with Gasteiger partial charge in [-0.05, 0) is 23.8 Å². The van der Waals surface area contributed by atoms with E-state index in [0.29, 0.717) is 22.4 Å². The minimum atomic E-state index is -0.878. The van der Waals surface area contributed by atoms with E-state index in [1.165, 1.54) is 13.2 Å². The van der Waals surface area contributed by atoms with Gasteiger partial charge in [0.1, 0.15) is 5.57 Å². The van der Waals surface area contributed by atoms with Gasteiger partial charge < -0.3 is 9.47 Å². The number of halogens is 1. The summed E-state index contributed by atoms with van der Waals surface area (Å²) in [6.45, 7) is 0. The Kier molecular flexibility index (Phi) is 6.09. The van der Waals surface area contributed by atoms with Gasteiger partial charge in [-0.25, -0.2) is 4.79 Å². The first-order valence-electron chi connectivity index (χ1n) is 6.85. The summed E-state index contributed by atoms with van der Waals surface area (Å²) in [5, 5.41) is 0.570. The Bertz CT molecular complexity index is 693. The molecule has 0 fully saturated rings. The molecule has 2 aromatic rings. The van der Waals surface area contributed by atoms with Crippen LogP contribution in [0.3, 0.4) is 0 Å². The van der Waals surface area contributed by atoms with Gasteiger partial charge in [-0.2, -0.15) is 0 Å². The highest BCUT2D eigenvalue weighted by atomic mass is 35.5. The molecule has 4 nitrogen and oxygen atoms in total. The first-order valence-corrected chi connectivity index (χ1v) is 7.23. The molecule has 2 aromatic carbocycles.